The molecule has 0 aliphatic rings. The van der Waals surface area contributed by atoms with Crippen molar-refractivity contribution in [3.8, 4) is 5.75 Å². The van der Waals surface area contributed by atoms with Crippen molar-refractivity contribution in [1.82, 2.24) is 4.98 Å². The highest BCUT2D eigenvalue weighted by molar-refractivity contribution is 6.29. The van der Waals surface area contributed by atoms with Gasteiger partial charge in [0.05, 0.1) is 24.2 Å². The summed E-state index contributed by atoms with van der Waals surface area (Å²) in [6.07, 6.45) is -2.68. The van der Waals surface area contributed by atoms with Gasteiger partial charge in [0.15, 0.2) is 0 Å². The summed E-state index contributed by atoms with van der Waals surface area (Å²) in [5.41, 5.74) is -0.252. The molecule has 1 aromatic rings. The van der Waals surface area contributed by atoms with Crippen LogP contribution in [-0.2, 0) is 5.88 Å². The van der Waals surface area contributed by atoms with Gasteiger partial charge in [0.25, 0.3) is 6.43 Å². The summed E-state index contributed by atoms with van der Waals surface area (Å²) in [5, 5.41) is 0.0851. The molecule has 0 saturated heterocycles. The van der Waals surface area contributed by atoms with Crippen molar-refractivity contribution >= 4 is 23.2 Å². The molecule has 0 aromatic carbocycles. The average molecular weight is 242 g/mol. The smallest absolute Gasteiger partial charge is 0.269 e. The molecule has 78 valence electrons. The Bertz CT molecular complexity index is 308. The van der Waals surface area contributed by atoms with Crippen LogP contribution < -0.4 is 4.74 Å². The second kappa shape index (κ2) is 4.75. The van der Waals surface area contributed by atoms with Gasteiger partial charge in [-0.2, -0.15) is 0 Å². The second-order valence-electron chi connectivity index (χ2n) is 2.44. The van der Waals surface area contributed by atoms with Gasteiger partial charge in [-0.3, -0.25) is 0 Å². The van der Waals surface area contributed by atoms with Crippen molar-refractivity contribution in [2.45, 2.75) is 12.3 Å². The van der Waals surface area contributed by atoms with Crippen molar-refractivity contribution in [1.29, 1.82) is 0 Å². The topological polar surface area (TPSA) is 22.1 Å². The summed E-state index contributed by atoms with van der Waals surface area (Å²) < 4.78 is 29.9. The number of pyridine rings is 1. The van der Waals surface area contributed by atoms with Crippen LogP contribution in [-0.4, -0.2) is 12.1 Å². The van der Waals surface area contributed by atoms with E-state index in [0.717, 1.165) is 0 Å². The lowest BCUT2D eigenvalue weighted by Crippen LogP contribution is -2.00. The molecule has 0 bridgehead atoms. The Morgan fingerprint density at radius 3 is 2.64 bits per heavy atom. The summed E-state index contributed by atoms with van der Waals surface area (Å²) in [4.78, 5) is 3.69. The first-order valence-corrected chi connectivity index (χ1v) is 4.58. The SMILES string of the molecule is COc1cc(Cl)nc(CCl)c1C(F)F. The van der Waals surface area contributed by atoms with Gasteiger partial charge in [0.2, 0.25) is 0 Å². The van der Waals surface area contributed by atoms with Crippen molar-refractivity contribution < 1.29 is 13.5 Å². The van der Waals surface area contributed by atoms with Gasteiger partial charge in [-0.05, 0) is 0 Å². The molecule has 0 unspecified atom stereocenters. The van der Waals surface area contributed by atoms with Gasteiger partial charge in [0, 0.05) is 6.07 Å². The predicted octanol–water partition coefficient (Wildman–Crippen LogP) is 3.42. The van der Waals surface area contributed by atoms with Gasteiger partial charge in [-0.1, -0.05) is 11.6 Å². The maximum atomic E-state index is 12.6. The number of nitrogens with zero attached hydrogens (tertiary/aromatic N) is 1. The van der Waals surface area contributed by atoms with E-state index in [1.165, 1.54) is 13.2 Å². The first kappa shape index (κ1) is 11.5. The molecule has 0 atom stereocenters. The predicted molar refractivity (Wildman–Crippen MR) is 50.3 cm³/mol. The molecule has 0 aliphatic heterocycles. The summed E-state index contributed by atoms with van der Waals surface area (Å²) in [6, 6.07) is 1.24. The van der Waals surface area contributed by atoms with E-state index in [-0.39, 0.29) is 28.0 Å². The van der Waals surface area contributed by atoms with E-state index in [9.17, 15) is 8.78 Å². The summed E-state index contributed by atoms with van der Waals surface area (Å²) in [6.45, 7) is 0. The van der Waals surface area contributed by atoms with E-state index >= 15 is 0 Å². The minimum atomic E-state index is -2.68. The lowest BCUT2D eigenvalue weighted by atomic mass is 10.2. The fourth-order valence-electron chi connectivity index (χ4n) is 1.05. The van der Waals surface area contributed by atoms with Crippen molar-refractivity contribution in [2.24, 2.45) is 0 Å². The zero-order valence-corrected chi connectivity index (χ0v) is 8.74. The number of methoxy groups -OCH3 is 1. The molecule has 1 rings (SSSR count). The van der Waals surface area contributed by atoms with E-state index in [1.54, 1.807) is 0 Å². The third kappa shape index (κ3) is 2.25. The first-order chi connectivity index (χ1) is 6.60. The van der Waals surface area contributed by atoms with Crippen LogP contribution >= 0.6 is 23.2 Å². The Hall–Kier alpha value is -0.610. The largest absolute Gasteiger partial charge is 0.496 e. The molecular formula is C8H7Cl2F2NO. The highest BCUT2D eigenvalue weighted by atomic mass is 35.5. The number of ether oxygens (including phenoxy) is 1. The Morgan fingerprint density at radius 1 is 1.57 bits per heavy atom. The average Bonchev–Trinajstić information content (AvgIpc) is 2.15. The van der Waals surface area contributed by atoms with Crippen LogP contribution in [0, 0.1) is 0 Å². The minimum absolute atomic E-state index is 0.00986. The van der Waals surface area contributed by atoms with Gasteiger partial charge >= 0.3 is 0 Å². The highest BCUT2D eigenvalue weighted by Gasteiger charge is 2.20. The number of halogens is 4. The molecule has 14 heavy (non-hydrogen) atoms. The van der Waals surface area contributed by atoms with Gasteiger partial charge in [0.1, 0.15) is 10.9 Å². The maximum Gasteiger partial charge on any atom is 0.269 e. The van der Waals surface area contributed by atoms with Crippen LogP contribution in [0.5, 0.6) is 5.75 Å². The van der Waals surface area contributed by atoms with Crippen LogP contribution in [0.2, 0.25) is 5.15 Å². The lowest BCUT2D eigenvalue weighted by molar-refractivity contribution is 0.145. The Labute approximate surface area is 89.8 Å². The molecule has 0 saturated carbocycles. The van der Waals surface area contributed by atoms with Crippen LogP contribution in [0.3, 0.4) is 0 Å². The van der Waals surface area contributed by atoms with Crippen LogP contribution in [0.15, 0.2) is 6.07 Å². The molecule has 1 aromatic heterocycles. The molecule has 0 radical (unpaired) electrons. The molecule has 2 nitrogen and oxygen atoms in total. The van der Waals surface area contributed by atoms with E-state index in [4.69, 9.17) is 27.9 Å². The third-order valence-electron chi connectivity index (χ3n) is 1.63. The first-order valence-electron chi connectivity index (χ1n) is 3.67. The zero-order chi connectivity index (χ0) is 10.7. The molecule has 0 N–H and O–H groups in total. The van der Waals surface area contributed by atoms with Crippen LogP contribution in [0.1, 0.15) is 17.7 Å². The molecule has 0 spiro atoms. The quantitative estimate of drug-likeness (QED) is 0.598. The molecule has 0 amide bonds. The number of rotatable bonds is 3. The fraction of sp³-hybridized carbons (Fsp3) is 0.375. The molecular weight excluding hydrogens is 235 g/mol. The van der Waals surface area contributed by atoms with Gasteiger partial charge < -0.3 is 4.74 Å². The van der Waals surface area contributed by atoms with Gasteiger partial charge in [-0.15, -0.1) is 11.6 Å². The van der Waals surface area contributed by atoms with Crippen LogP contribution in [0.4, 0.5) is 8.78 Å². The van der Waals surface area contributed by atoms with E-state index < -0.39 is 6.43 Å². The molecule has 0 aliphatic carbocycles. The second-order valence-corrected chi connectivity index (χ2v) is 3.10. The molecule has 6 heteroatoms. The highest BCUT2D eigenvalue weighted by Crippen LogP contribution is 2.33. The van der Waals surface area contributed by atoms with E-state index in [1.807, 2.05) is 0 Å². The standard InChI is InChI=1S/C8H7Cl2F2NO/c1-14-5-2-6(10)13-4(3-9)7(5)8(11)12/h2,8H,3H2,1H3. The summed E-state index contributed by atoms with van der Waals surface area (Å²) in [5.74, 6) is -0.119. The van der Waals surface area contributed by atoms with Crippen molar-refractivity contribution in [3.05, 3.63) is 22.5 Å². The lowest BCUT2D eigenvalue weighted by Gasteiger charge is -2.11. The number of hydrogen-bond donors (Lipinski definition) is 0. The van der Waals surface area contributed by atoms with Crippen LogP contribution in [0.25, 0.3) is 0 Å². The van der Waals surface area contributed by atoms with E-state index in [2.05, 4.69) is 4.98 Å². The maximum absolute atomic E-state index is 12.6. The third-order valence-corrected chi connectivity index (χ3v) is 2.08. The van der Waals surface area contributed by atoms with E-state index in [0.29, 0.717) is 0 Å². The summed E-state index contributed by atoms with van der Waals surface area (Å²) in [7, 11) is 1.29. The fourth-order valence-corrected chi connectivity index (χ4v) is 1.46. The Balaban J connectivity index is 3.33. The van der Waals surface area contributed by atoms with Crippen molar-refractivity contribution in [2.75, 3.05) is 7.11 Å². The summed E-state index contributed by atoms with van der Waals surface area (Å²) >= 11 is 11.1. The van der Waals surface area contributed by atoms with Crippen molar-refractivity contribution in [3.63, 3.8) is 0 Å². The molecule has 1 heterocycles. The minimum Gasteiger partial charge on any atom is -0.496 e. The normalized spacial score (nSPS) is 10.7. The molecule has 0 fully saturated rings. The Kier molecular flexibility index (Phi) is 3.89. The number of hydrogen-bond acceptors (Lipinski definition) is 2. The van der Waals surface area contributed by atoms with Gasteiger partial charge in [-0.25, -0.2) is 13.8 Å². The zero-order valence-electron chi connectivity index (χ0n) is 7.23. The number of aromatic nitrogens is 1. The number of alkyl halides is 3. The monoisotopic (exact) mass is 241 g/mol. The Morgan fingerprint density at radius 2 is 2.21 bits per heavy atom.